The second-order valence-corrected chi connectivity index (χ2v) is 6.27. The highest BCUT2D eigenvalue weighted by Gasteiger charge is 2.24. The van der Waals surface area contributed by atoms with E-state index in [-0.39, 0.29) is 36.8 Å². The Labute approximate surface area is 172 Å². The molecule has 1 amide bonds. The molecule has 148 valence electrons. The number of para-hydroxylation sites is 2. The highest BCUT2D eigenvalue weighted by atomic mass is 35.5. The average Bonchev–Trinajstić information content (AvgIpc) is 2.64. The number of piperidine rings is 1. The molecule has 8 heteroatoms. The van der Waals surface area contributed by atoms with Crippen molar-refractivity contribution in [2.45, 2.75) is 19.4 Å². The van der Waals surface area contributed by atoms with Crippen LogP contribution < -0.4 is 20.7 Å². The number of rotatable bonds is 5. The maximum Gasteiger partial charge on any atom is 0.255 e. The van der Waals surface area contributed by atoms with Gasteiger partial charge in [0, 0.05) is 18.8 Å². The second kappa shape index (κ2) is 11.0. The van der Waals surface area contributed by atoms with Crippen LogP contribution in [0.25, 0.3) is 0 Å². The van der Waals surface area contributed by atoms with Gasteiger partial charge in [0.1, 0.15) is 11.6 Å². The number of carbonyl (C=O) groups is 1. The first-order chi connectivity index (χ1) is 12.2. The molecule has 1 saturated heterocycles. The van der Waals surface area contributed by atoms with Gasteiger partial charge in [-0.3, -0.25) is 4.79 Å². The highest BCUT2D eigenvalue weighted by molar-refractivity contribution is 5.99. The molecule has 1 aromatic carbocycles. The van der Waals surface area contributed by atoms with Crippen LogP contribution in [0.2, 0.25) is 0 Å². The zero-order valence-corrected chi connectivity index (χ0v) is 17.0. The molecule has 0 aliphatic carbocycles. The van der Waals surface area contributed by atoms with Crippen LogP contribution in [0, 0.1) is 5.92 Å². The first-order valence-corrected chi connectivity index (χ1v) is 8.55. The number of hydrogen-bond acceptors (Lipinski definition) is 5. The SMILES string of the molecule is COc1ccccc1Nc1ncccc1C(=O)NC1CNCCC1C.Cl.Cl. The van der Waals surface area contributed by atoms with Gasteiger partial charge in [0.05, 0.1) is 18.4 Å². The van der Waals surface area contributed by atoms with E-state index in [9.17, 15) is 4.79 Å². The van der Waals surface area contributed by atoms with Crippen LogP contribution in [0.5, 0.6) is 5.75 Å². The first-order valence-electron chi connectivity index (χ1n) is 8.55. The van der Waals surface area contributed by atoms with E-state index in [0.29, 0.717) is 23.0 Å². The topological polar surface area (TPSA) is 75.3 Å². The van der Waals surface area contributed by atoms with Gasteiger partial charge in [0.25, 0.3) is 5.91 Å². The van der Waals surface area contributed by atoms with Crippen molar-refractivity contribution in [1.29, 1.82) is 0 Å². The lowest BCUT2D eigenvalue weighted by Crippen LogP contribution is -2.50. The summed E-state index contributed by atoms with van der Waals surface area (Å²) in [5.74, 6) is 1.55. The molecule has 3 rings (SSSR count). The molecule has 2 atom stereocenters. The normalized spacial score (nSPS) is 18.4. The van der Waals surface area contributed by atoms with Crippen molar-refractivity contribution in [2.24, 2.45) is 5.92 Å². The molecule has 1 aliphatic heterocycles. The second-order valence-electron chi connectivity index (χ2n) is 6.27. The minimum absolute atomic E-state index is 0. The molecule has 0 saturated carbocycles. The third-order valence-corrected chi connectivity index (χ3v) is 4.56. The molecular formula is C19H26Cl2N4O2. The number of benzene rings is 1. The fraction of sp³-hybridized carbons (Fsp3) is 0.368. The molecule has 2 heterocycles. The van der Waals surface area contributed by atoms with Gasteiger partial charge in [-0.15, -0.1) is 24.8 Å². The molecule has 2 unspecified atom stereocenters. The van der Waals surface area contributed by atoms with E-state index in [1.54, 1.807) is 25.4 Å². The zero-order valence-electron chi connectivity index (χ0n) is 15.4. The minimum atomic E-state index is -0.119. The van der Waals surface area contributed by atoms with E-state index < -0.39 is 0 Å². The molecule has 1 aromatic heterocycles. The van der Waals surface area contributed by atoms with E-state index in [4.69, 9.17) is 4.74 Å². The number of anilines is 2. The Morgan fingerprint density at radius 3 is 2.74 bits per heavy atom. The number of ether oxygens (including phenoxy) is 1. The summed E-state index contributed by atoms with van der Waals surface area (Å²) in [5, 5.41) is 9.66. The molecule has 2 aromatic rings. The summed E-state index contributed by atoms with van der Waals surface area (Å²) in [6.07, 6.45) is 2.73. The van der Waals surface area contributed by atoms with Crippen molar-refractivity contribution in [3.8, 4) is 5.75 Å². The van der Waals surface area contributed by atoms with Crippen LogP contribution in [-0.2, 0) is 0 Å². The first kappa shape index (κ1) is 23.0. The molecule has 1 fully saturated rings. The lowest BCUT2D eigenvalue weighted by atomic mass is 9.94. The van der Waals surface area contributed by atoms with Crippen molar-refractivity contribution in [2.75, 3.05) is 25.5 Å². The molecular weight excluding hydrogens is 387 g/mol. The van der Waals surface area contributed by atoms with Gasteiger partial charge in [-0.05, 0) is 43.1 Å². The van der Waals surface area contributed by atoms with Gasteiger partial charge in [0.2, 0.25) is 0 Å². The lowest BCUT2D eigenvalue weighted by molar-refractivity contribution is 0.0916. The van der Waals surface area contributed by atoms with Crippen molar-refractivity contribution in [3.63, 3.8) is 0 Å². The fourth-order valence-corrected chi connectivity index (χ4v) is 2.99. The van der Waals surface area contributed by atoms with Crippen LogP contribution in [-0.4, -0.2) is 37.1 Å². The van der Waals surface area contributed by atoms with E-state index in [1.807, 2.05) is 24.3 Å². The van der Waals surface area contributed by atoms with Gasteiger partial charge in [0.15, 0.2) is 0 Å². The van der Waals surface area contributed by atoms with Crippen molar-refractivity contribution in [3.05, 3.63) is 48.2 Å². The summed E-state index contributed by atoms with van der Waals surface area (Å²) in [6, 6.07) is 11.2. The number of carbonyl (C=O) groups excluding carboxylic acids is 1. The zero-order chi connectivity index (χ0) is 17.6. The maximum atomic E-state index is 12.8. The van der Waals surface area contributed by atoms with Gasteiger partial charge < -0.3 is 20.7 Å². The van der Waals surface area contributed by atoms with Crippen LogP contribution in [0.3, 0.4) is 0 Å². The highest BCUT2D eigenvalue weighted by Crippen LogP contribution is 2.27. The monoisotopic (exact) mass is 412 g/mol. The summed E-state index contributed by atoms with van der Waals surface area (Å²) in [7, 11) is 1.62. The van der Waals surface area contributed by atoms with E-state index in [0.717, 1.165) is 25.2 Å². The number of nitrogens with one attached hydrogen (secondary N) is 3. The third kappa shape index (κ3) is 5.73. The Morgan fingerprint density at radius 1 is 1.22 bits per heavy atom. The minimum Gasteiger partial charge on any atom is -0.495 e. The molecule has 1 aliphatic rings. The van der Waals surface area contributed by atoms with Gasteiger partial charge >= 0.3 is 0 Å². The van der Waals surface area contributed by atoms with E-state index in [2.05, 4.69) is 27.9 Å². The predicted molar refractivity (Wildman–Crippen MR) is 113 cm³/mol. The van der Waals surface area contributed by atoms with Crippen LogP contribution >= 0.6 is 24.8 Å². The Bertz CT molecular complexity index is 745. The van der Waals surface area contributed by atoms with Gasteiger partial charge in [-0.1, -0.05) is 19.1 Å². The molecule has 0 radical (unpaired) electrons. The van der Waals surface area contributed by atoms with Crippen LogP contribution in [0.1, 0.15) is 23.7 Å². The number of pyridine rings is 1. The number of amides is 1. The number of halogens is 2. The molecule has 3 N–H and O–H groups in total. The molecule has 27 heavy (non-hydrogen) atoms. The third-order valence-electron chi connectivity index (χ3n) is 4.56. The van der Waals surface area contributed by atoms with E-state index in [1.165, 1.54) is 0 Å². The predicted octanol–water partition coefficient (Wildman–Crippen LogP) is 3.41. The molecule has 0 spiro atoms. The smallest absolute Gasteiger partial charge is 0.255 e. The Hall–Kier alpha value is -2.02. The summed E-state index contributed by atoms with van der Waals surface area (Å²) in [4.78, 5) is 17.1. The van der Waals surface area contributed by atoms with Crippen molar-refractivity contribution >= 4 is 42.2 Å². The lowest BCUT2D eigenvalue weighted by Gasteiger charge is -2.30. The maximum absolute atomic E-state index is 12.8. The van der Waals surface area contributed by atoms with E-state index >= 15 is 0 Å². The van der Waals surface area contributed by atoms with Gasteiger partial charge in [-0.2, -0.15) is 0 Å². The number of methoxy groups -OCH3 is 1. The number of nitrogens with zero attached hydrogens (tertiary/aromatic N) is 1. The Kier molecular flexibility index (Phi) is 9.35. The van der Waals surface area contributed by atoms with Crippen LogP contribution in [0.15, 0.2) is 42.6 Å². The average molecular weight is 413 g/mol. The molecule has 6 nitrogen and oxygen atoms in total. The summed E-state index contributed by atoms with van der Waals surface area (Å²) < 4.78 is 5.35. The number of hydrogen-bond donors (Lipinski definition) is 3. The van der Waals surface area contributed by atoms with Crippen molar-refractivity contribution < 1.29 is 9.53 Å². The van der Waals surface area contributed by atoms with Crippen molar-refractivity contribution in [1.82, 2.24) is 15.6 Å². The quantitative estimate of drug-likeness (QED) is 0.701. The Balaban J connectivity index is 0.00000182. The number of aromatic nitrogens is 1. The van der Waals surface area contributed by atoms with Crippen LogP contribution in [0.4, 0.5) is 11.5 Å². The largest absolute Gasteiger partial charge is 0.495 e. The molecule has 0 bridgehead atoms. The Morgan fingerprint density at radius 2 is 2.00 bits per heavy atom. The summed E-state index contributed by atoms with van der Waals surface area (Å²) in [5.41, 5.74) is 1.29. The fourth-order valence-electron chi connectivity index (χ4n) is 2.99. The summed E-state index contributed by atoms with van der Waals surface area (Å²) >= 11 is 0. The standard InChI is InChI=1S/C19H24N4O2.2ClH/c1-13-9-11-20-12-16(13)23-19(24)14-6-5-10-21-18(14)22-15-7-3-4-8-17(15)25-2;;/h3-8,10,13,16,20H,9,11-12H2,1-2H3,(H,21,22)(H,23,24);2*1H. The van der Waals surface area contributed by atoms with Gasteiger partial charge in [-0.25, -0.2) is 4.98 Å². The summed E-state index contributed by atoms with van der Waals surface area (Å²) in [6.45, 7) is 3.96.